The predicted octanol–water partition coefficient (Wildman–Crippen LogP) is 3.32. The van der Waals surface area contributed by atoms with E-state index in [1.165, 1.54) is 23.4 Å². The minimum Gasteiger partial charge on any atom is -0.378 e. The first-order valence-corrected chi connectivity index (χ1v) is 10.7. The van der Waals surface area contributed by atoms with Crippen molar-refractivity contribution in [2.24, 2.45) is 4.99 Å². The van der Waals surface area contributed by atoms with E-state index in [1.54, 1.807) is 7.05 Å². The fraction of sp³-hybridized carbons (Fsp3) is 0.435. The summed E-state index contributed by atoms with van der Waals surface area (Å²) in [4.78, 5) is 10.8. The minimum absolute atomic E-state index is 0. The van der Waals surface area contributed by atoms with Gasteiger partial charge in [-0.05, 0) is 29.8 Å². The average Bonchev–Trinajstić information content (AvgIpc) is 2.82. The third-order valence-electron chi connectivity index (χ3n) is 5.80. The van der Waals surface area contributed by atoms with Gasteiger partial charge in [-0.2, -0.15) is 0 Å². The Morgan fingerprint density at radius 1 is 0.938 bits per heavy atom. The topological polar surface area (TPSA) is 43.3 Å². The molecule has 0 aliphatic carbocycles. The van der Waals surface area contributed by atoms with E-state index in [-0.39, 0.29) is 24.0 Å². The Morgan fingerprint density at radius 2 is 1.62 bits per heavy atom. The molecule has 6 nitrogen and oxygen atoms in total. The number of anilines is 2. The van der Waals surface area contributed by atoms with Crippen LogP contribution in [0.15, 0.2) is 47.5 Å². The Labute approximate surface area is 205 Å². The van der Waals surface area contributed by atoms with Crippen LogP contribution in [-0.2, 0) is 11.3 Å². The summed E-state index contributed by atoms with van der Waals surface area (Å²) < 4.78 is 33.0. The van der Waals surface area contributed by atoms with Crippen molar-refractivity contribution in [2.75, 3.05) is 69.3 Å². The third kappa shape index (κ3) is 6.00. The molecular weight excluding hydrogens is 527 g/mol. The maximum Gasteiger partial charge on any atom is 0.194 e. The summed E-state index contributed by atoms with van der Waals surface area (Å²) in [7, 11) is 1.77. The largest absolute Gasteiger partial charge is 0.378 e. The molecule has 2 aromatic rings. The van der Waals surface area contributed by atoms with Gasteiger partial charge < -0.3 is 24.8 Å². The second kappa shape index (κ2) is 11.6. The SMILES string of the molecule is CN=C(NCc1ccc(N2CCOCC2)cc1)N1CCN(c2cc(F)ccc2F)CC1.I. The number of hydrogen-bond acceptors (Lipinski definition) is 4. The van der Waals surface area contributed by atoms with Gasteiger partial charge in [-0.25, -0.2) is 8.78 Å². The van der Waals surface area contributed by atoms with Gasteiger partial charge in [0.1, 0.15) is 11.6 Å². The molecule has 4 rings (SSSR count). The van der Waals surface area contributed by atoms with Gasteiger partial charge in [-0.3, -0.25) is 4.99 Å². The molecule has 0 amide bonds. The number of hydrogen-bond donors (Lipinski definition) is 1. The van der Waals surface area contributed by atoms with Crippen molar-refractivity contribution in [3.05, 3.63) is 59.7 Å². The zero-order valence-electron chi connectivity index (χ0n) is 18.3. The van der Waals surface area contributed by atoms with E-state index in [0.717, 1.165) is 38.3 Å². The normalized spacial score (nSPS) is 17.2. The van der Waals surface area contributed by atoms with Gasteiger partial charge in [0, 0.05) is 64.6 Å². The number of ether oxygens (including phenoxy) is 1. The molecule has 2 aromatic carbocycles. The predicted molar refractivity (Wildman–Crippen MR) is 135 cm³/mol. The molecule has 2 heterocycles. The fourth-order valence-corrected chi connectivity index (χ4v) is 4.05. The van der Waals surface area contributed by atoms with Crippen molar-refractivity contribution in [1.82, 2.24) is 10.2 Å². The number of benzene rings is 2. The highest BCUT2D eigenvalue weighted by molar-refractivity contribution is 14.0. The van der Waals surface area contributed by atoms with Crippen LogP contribution >= 0.6 is 24.0 Å². The van der Waals surface area contributed by atoms with E-state index >= 15 is 0 Å². The maximum atomic E-state index is 14.1. The van der Waals surface area contributed by atoms with E-state index in [2.05, 4.69) is 44.4 Å². The molecule has 32 heavy (non-hydrogen) atoms. The summed E-state index contributed by atoms with van der Waals surface area (Å²) in [5, 5.41) is 3.42. The highest BCUT2D eigenvalue weighted by atomic mass is 127. The van der Waals surface area contributed by atoms with Crippen molar-refractivity contribution in [2.45, 2.75) is 6.54 Å². The van der Waals surface area contributed by atoms with Gasteiger partial charge in [0.2, 0.25) is 0 Å². The van der Waals surface area contributed by atoms with E-state index in [4.69, 9.17) is 4.74 Å². The molecule has 2 aliphatic heterocycles. The first-order valence-electron chi connectivity index (χ1n) is 10.7. The number of halogens is 3. The molecule has 1 N–H and O–H groups in total. The summed E-state index contributed by atoms with van der Waals surface area (Å²) in [6.45, 7) is 6.67. The van der Waals surface area contributed by atoms with E-state index in [9.17, 15) is 8.78 Å². The van der Waals surface area contributed by atoms with Gasteiger partial charge >= 0.3 is 0 Å². The molecule has 0 aromatic heterocycles. The number of aliphatic imine (C=N–C) groups is 1. The Bertz CT molecular complexity index is 898. The Hall–Kier alpha value is -2.14. The van der Waals surface area contributed by atoms with Gasteiger partial charge in [0.15, 0.2) is 5.96 Å². The maximum absolute atomic E-state index is 14.1. The van der Waals surface area contributed by atoms with E-state index < -0.39 is 11.6 Å². The number of nitrogens with zero attached hydrogens (tertiary/aromatic N) is 4. The summed E-state index contributed by atoms with van der Waals surface area (Å²) in [6, 6.07) is 12.2. The lowest BCUT2D eigenvalue weighted by Crippen LogP contribution is -2.52. The van der Waals surface area contributed by atoms with Crippen LogP contribution in [0.3, 0.4) is 0 Å². The standard InChI is InChI=1S/C23H29F2N5O.HI/c1-26-23(27-17-18-2-5-20(6-3-18)28-12-14-31-15-13-28)30-10-8-29(9-11-30)22-16-19(24)4-7-21(22)25;/h2-7,16H,8-15,17H2,1H3,(H,26,27);1H. The van der Waals surface area contributed by atoms with Crippen molar-refractivity contribution in [3.8, 4) is 0 Å². The monoisotopic (exact) mass is 557 g/mol. The number of guanidine groups is 1. The lowest BCUT2D eigenvalue weighted by Gasteiger charge is -2.37. The number of nitrogens with one attached hydrogen (secondary N) is 1. The highest BCUT2D eigenvalue weighted by Crippen LogP contribution is 2.22. The van der Waals surface area contributed by atoms with Crippen LogP contribution in [0.25, 0.3) is 0 Å². The fourth-order valence-electron chi connectivity index (χ4n) is 4.05. The zero-order chi connectivity index (χ0) is 21.6. The molecule has 2 fully saturated rings. The quantitative estimate of drug-likeness (QED) is 0.355. The average molecular weight is 557 g/mol. The third-order valence-corrected chi connectivity index (χ3v) is 5.80. The van der Waals surface area contributed by atoms with Crippen LogP contribution < -0.4 is 15.1 Å². The number of piperazine rings is 1. The van der Waals surface area contributed by atoms with Crippen LogP contribution in [0.2, 0.25) is 0 Å². The minimum atomic E-state index is -0.420. The van der Waals surface area contributed by atoms with E-state index in [1.807, 2.05) is 4.90 Å². The molecule has 0 radical (unpaired) electrons. The van der Waals surface area contributed by atoms with Gasteiger partial charge in [0.25, 0.3) is 0 Å². The van der Waals surface area contributed by atoms with Crippen LogP contribution in [0.4, 0.5) is 20.2 Å². The molecule has 0 saturated carbocycles. The summed E-state index contributed by atoms with van der Waals surface area (Å²) in [5.41, 5.74) is 2.72. The van der Waals surface area contributed by atoms with Crippen molar-refractivity contribution >= 4 is 41.3 Å². The first kappa shape index (κ1) is 24.5. The van der Waals surface area contributed by atoms with Crippen LogP contribution in [0.1, 0.15) is 5.56 Å². The smallest absolute Gasteiger partial charge is 0.194 e. The van der Waals surface area contributed by atoms with Crippen molar-refractivity contribution < 1.29 is 13.5 Å². The lowest BCUT2D eigenvalue weighted by molar-refractivity contribution is 0.122. The van der Waals surface area contributed by atoms with Gasteiger partial charge in [0.05, 0.1) is 18.9 Å². The summed E-state index contributed by atoms with van der Waals surface area (Å²) in [5.74, 6) is 0.00504. The summed E-state index contributed by atoms with van der Waals surface area (Å²) in [6.07, 6.45) is 0. The molecule has 2 aliphatic rings. The molecule has 0 bridgehead atoms. The van der Waals surface area contributed by atoms with Crippen LogP contribution in [0, 0.1) is 11.6 Å². The number of morpholine rings is 1. The second-order valence-electron chi connectivity index (χ2n) is 7.74. The molecular formula is C23H30F2IN5O. The zero-order valence-corrected chi connectivity index (χ0v) is 20.6. The van der Waals surface area contributed by atoms with Gasteiger partial charge in [-0.15, -0.1) is 24.0 Å². The molecule has 0 spiro atoms. The number of rotatable bonds is 4. The van der Waals surface area contributed by atoms with E-state index in [0.29, 0.717) is 38.4 Å². The van der Waals surface area contributed by atoms with Crippen LogP contribution in [0.5, 0.6) is 0 Å². The van der Waals surface area contributed by atoms with Gasteiger partial charge in [-0.1, -0.05) is 12.1 Å². The molecule has 2 saturated heterocycles. The highest BCUT2D eigenvalue weighted by Gasteiger charge is 2.22. The second-order valence-corrected chi connectivity index (χ2v) is 7.74. The Kier molecular flexibility index (Phi) is 8.92. The molecule has 0 unspecified atom stereocenters. The molecule has 9 heteroatoms. The van der Waals surface area contributed by atoms with Crippen LogP contribution in [-0.4, -0.2) is 70.4 Å². The Morgan fingerprint density at radius 3 is 2.28 bits per heavy atom. The van der Waals surface area contributed by atoms with Crippen molar-refractivity contribution in [3.63, 3.8) is 0 Å². The lowest BCUT2D eigenvalue weighted by atomic mass is 10.2. The van der Waals surface area contributed by atoms with Crippen molar-refractivity contribution in [1.29, 1.82) is 0 Å². The first-order chi connectivity index (χ1) is 15.1. The molecule has 0 atom stereocenters. The summed E-state index contributed by atoms with van der Waals surface area (Å²) >= 11 is 0. The molecule has 174 valence electrons. The Balaban J connectivity index is 0.00000289.